The molecule has 1 fully saturated rings. The lowest BCUT2D eigenvalue weighted by molar-refractivity contribution is -0.137. The number of thiocarbonyl (C=S) groups is 1. The molecule has 0 spiro atoms. The fourth-order valence-corrected chi connectivity index (χ4v) is 4.01. The Morgan fingerprint density at radius 1 is 1.10 bits per heavy atom. The van der Waals surface area contributed by atoms with Crippen molar-refractivity contribution in [1.29, 1.82) is 0 Å². The molecule has 1 amide bonds. The van der Waals surface area contributed by atoms with Gasteiger partial charge in [0.1, 0.15) is 10.1 Å². The number of ether oxygens (including phenoxy) is 3. The molecule has 0 atom stereocenters. The number of nitrogens with zero attached hydrogens (tertiary/aromatic N) is 1. The smallest absolute Gasteiger partial charge is 0.303 e. The van der Waals surface area contributed by atoms with Crippen LogP contribution in [-0.4, -0.2) is 52.6 Å². The van der Waals surface area contributed by atoms with E-state index in [1.807, 2.05) is 20.8 Å². The monoisotopic (exact) mass is 439 g/mol. The molecule has 0 saturated carbocycles. The van der Waals surface area contributed by atoms with Crippen LogP contribution >= 0.6 is 24.0 Å². The first-order valence-corrected chi connectivity index (χ1v) is 10.7. The summed E-state index contributed by atoms with van der Waals surface area (Å²) in [7, 11) is 0. The van der Waals surface area contributed by atoms with Crippen molar-refractivity contribution >= 4 is 46.3 Å². The summed E-state index contributed by atoms with van der Waals surface area (Å²) in [6.45, 7) is 7.34. The predicted molar refractivity (Wildman–Crippen MR) is 117 cm³/mol. The van der Waals surface area contributed by atoms with Gasteiger partial charge in [-0.05, 0) is 39.3 Å². The zero-order chi connectivity index (χ0) is 21.4. The number of aliphatic carboxylic acids is 1. The second kappa shape index (κ2) is 11.1. The van der Waals surface area contributed by atoms with Crippen molar-refractivity contribution in [3.8, 4) is 17.2 Å². The molecule has 9 heteroatoms. The molecule has 158 valence electrons. The van der Waals surface area contributed by atoms with E-state index < -0.39 is 5.97 Å². The number of carboxylic acids is 1. The highest BCUT2D eigenvalue weighted by atomic mass is 32.2. The second-order valence-corrected chi connectivity index (χ2v) is 7.64. The Kier molecular flexibility index (Phi) is 8.78. The van der Waals surface area contributed by atoms with Crippen molar-refractivity contribution in [2.24, 2.45) is 0 Å². The van der Waals surface area contributed by atoms with Crippen LogP contribution in [0.3, 0.4) is 0 Å². The van der Waals surface area contributed by atoms with Crippen LogP contribution in [0.1, 0.15) is 39.2 Å². The first kappa shape index (κ1) is 23.0. The number of benzene rings is 1. The summed E-state index contributed by atoms with van der Waals surface area (Å²) >= 11 is 6.49. The summed E-state index contributed by atoms with van der Waals surface area (Å²) in [6, 6.07) is 3.55. The molecule has 0 aromatic heterocycles. The summed E-state index contributed by atoms with van der Waals surface area (Å²) in [5, 5.41) is 8.79. The molecule has 0 unspecified atom stereocenters. The molecule has 1 saturated heterocycles. The van der Waals surface area contributed by atoms with Gasteiger partial charge in [0.05, 0.1) is 24.7 Å². The summed E-state index contributed by atoms with van der Waals surface area (Å²) in [4.78, 5) is 25.4. The van der Waals surface area contributed by atoms with E-state index in [9.17, 15) is 9.59 Å². The van der Waals surface area contributed by atoms with E-state index in [2.05, 4.69) is 0 Å². The largest absolute Gasteiger partial charge is 0.493 e. The zero-order valence-corrected chi connectivity index (χ0v) is 18.4. The van der Waals surface area contributed by atoms with Crippen LogP contribution in [0.25, 0.3) is 6.08 Å². The van der Waals surface area contributed by atoms with E-state index in [-0.39, 0.29) is 18.9 Å². The third-order valence-corrected chi connectivity index (χ3v) is 5.29. The van der Waals surface area contributed by atoms with Gasteiger partial charge in [0, 0.05) is 24.6 Å². The van der Waals surface area contributed by atoms with Crippen LogP contribution in [0.4, 0.5) is 0 Å². The molecule has 0 radical (unpaired) electrons. The molecule has 1 aliphatic heterocycles. The summed E-state index contributed by atoms with van der Waals surface area (Å²) in [5.74, 6) is 0.595. The van der Waals surface area contributed by atoms with Crippen molar-refractivity contribution in [2.75, 3.05) is 26.4 Å². The first-order valence-electron chi connectivity index (χ1n) is 9.44. The van der Waals surface area contributed by atoms with Gasteiger partial charge in [-0.1, -0.05) is 24.0 Å². The molecule has 29 heavy (non-hydrogen) atoms. The summed E-state index contributed by atoms with van der Waals surface area (Å²) in [5.41, 5.74) is 0.685. The lowest BCUT2D eigenvalue weighted by Gasteiger charge is -2.15. The molecule has 0 bridgehead atoms. The van der Waals surface area contributed by atoms with Crippen LogP contribution in [0.2, 0.25) is 0 Å². The van der Waals surface area contributed by atoms with E-state index in [0.29, 0.717) is 58.3 Å². The van der Waals surface area contributed by atoms with Crippen LogP contribution < -0.4 is 14.2 Å². The van der Waals surface area contributed by atoms with Crippen molar-refractivity contribution in [3.63, 3.8) is 0 Å². The van der Waals surface area contributed by atoms with Gasteiger partial charge in [0.25, 0.3) is 5.91 Å². The van der Waals surface area contributed by atoms with Crippen molar-refractivity contribution in [1.82, 2.24) is 4.90 Å². The van der Waals surface area contributed by atoms with Crippen LogP contribution in [-0.2, 0) is 9.59 Å². The van der Waals surface area contributed by atoms with Crippen molar-refractivity contribution in [2.45, 2.75) is 33.6 Å². The average molecular weight is 440 g/mol. The maximum Gasteiger partial charge on any atom is 0.303 e. The molecule has 1 N–H and O–H groups in total. The molecule has 1 heterocycles. The number of thioether (sulfide) groups is 1. The topological polar surface area (TPSA) is 85.3 Å². The van der Waals surface area contributed by atoms with Gasteiger partial charge in [-0.2, -0.15) is 0 Å². The second-order valence-electron chi connectivity index (χ2n) is 5.97. The van der Waals surface area contributed by atoms with E-state index >= 15 is 0 Å². The fraction of sp³-hybridized carbons (Fsp3) is 0.450. The molecular formula is C20H25NO6S2. The molecule has 0 aliphatic carbocycles. The average Bonchev–Trinajstić information content (AvgIpc) is 2.92. The summed E-state index contributed by atoms with van der Waals surface area (Å²) in [6.07, 6.45) is 2.05. The van der Waals surface area contributed by atoms with Gasteiger partial charge in [-0.15, -0.1) is 0 Å². The lowest BCUT2D eigenvalue weighted by atomic mass is 10.1. The minimum absolute atomic E-state index is 0.0127. The molecule has 1 aromatic rings. The van der Waals surface area contributed by atoms with Gasteiger partial charge < -0.3 is 19.3 Å². The van der Waals surface area contributed by atoms with Gasteiger partial charge in [0.15, 0.2) is 11.5 Å². The van der Waals surface area contributed by atoms with E-state index in [4.69, 9.17) is 31.5 Å². The Labute approximate surface area is 180 Å². The Morgan fingerprint density at radius 2 is 1.69 bits per heavy atom. The van der Waals surface area contributed by atoms with Crippen molar-refractivity contribution in [3.05, 3.63) is 22.6 Å². The quantitative estimate of drug-likeness (QED) is 0.410. The minimum Gasteiger partial charge on any atom is -0.493 e. The zero-order valence-electron chi connectivity index (χ0n) is 16.7. The maximum absolute atomic E-state index is 12.8. The lowest BCUT2D eigenvalue weighted by Crippen LogP contribution is -2.29. The maximum atomic E-state index is 12.8. The highest BCUT2D eigenvalue weighted by Crippen LogP contribution is 2.39. The number of carbonyl (C=O) groups excluding carboxylic acids is 1. The van der Waals surface area contributed by atoms with Gasteiger partial charge in [-0.3, -0.25) is 14.5 Å². The number of hydrogen-bond donors (Lipinski definition) is 1. The van der Waals surface area contributed by atoms with E-state index in [1.54, 1.807) is 18.2 Å². The number of carboxylic acid groups (broad SMARTS) is 1. The molecule has 1 aliphatic rings. The van der Waals surface area contributed by atoms with Gasteiger partial charge >= 0.3 is 5.97 Å². The Balaban J connectivity index is 2.33. The molecule has 1 aromatic carbocycles. The SMILES string of the molecule is CCOc1cc(OCC)c(OCC)cc1/C=C1\SC(=S)N(CCCC(=O)O)C1=O. The number of rotatable bonds is 11. The Hall–Kier alpha value is -2.26. The normalized spacial score (nSPS) is 15.1. The standard InChI is InChI=1S/C20H25NO6S2/c1-4-25-14-12-16(27-6-3)15(26-5-2)10-13(14)11-17-19(24)21(20(28)29-17)9-7-8-18(22)23/h10-12H,4-9H2,1-3H3,(H,22,23)/b17-11-. The fourth-order valence-electron chi connectivity index (χ4n) is 2.71. The number of hydrogen-bond acceptors (Lipinski definition) is 7. The number of amides is 1. The Bertz CT molecular complexity index is 808. The van der Waals surface area contributed by atoms with Crippen molar-refractivity contribution < 1.29 is 28.9 Å². The minimum atomic E-state index is -0.898. The highest BCUT2D eigenvalue weighted by molar-refractivity contribution is 8.26. The molecule has 2 rings (SSSR count). The summed E-state index contributed by atoms with van der Waals surface area (Å²) < 4.78 is 17.5. The third kappa shape index (κ3) is 6.11. The van der Waals surface area contributed by atoms with E-state index in [1.165, 1.54) is 16.7 Å². The van der Waals surface area contributed by atoms with Gasteiger partial charge in [0.2, 0.25) is 0 Å². The van der Waals surface area contributed by atoms with E-state index in [0.717, 1.165) is 0 Å². The van der Waals surface area contributed by atoms with Crippen LogP contribution in [0.5, 0.6) is 17.2 Å². The first-order chi connectivity index (χ1) is 13.9. The Morgan fingerprint density at radius 3 is 2.28 bits per heavy atom. The highest BCUT2D eigenvalue weighted by Gasteiger charge is 2.32. The van der Waals surface area contributed by atoms with Crippen LogP contribution in [0.15, 0.2) is 17.0 Å². The number of carbonyl (C=O) groups is 2. The third-order valence-electron chi connectivity index (χ3n) is 3.91. The molecular weight excluding hydrogens is 414 g/mol. The molecule has 7 nitrogen and oxygen atoms in total. The predicted octanol–water partition coefficient (Wildman–Crippen LogP) is 3.95. The van der Waals surface area contributed by atoms with Crippen LogP contribution in [0, 0.1) is 0 Å². The van der Waals surface area contributed by atoms with Gasteiger partial charge in [-0.25, -0.2) is 0 Å².